The van der Waals surface area contributed by atoms with Crippen molar-refractivity contribution in [2.24, 2.45) is 0 Å². The Hall–Kier alpha value is -2.71. The Labute approximate surface area is 186 Å². The molecule has 8 heteroatoms. The summed E-state index contributed by atoms with van der Waals surface area (Å²) < 4.78 is 25.0. The Morgan fingerprint density at radius 3 is 2.60 bits per heavy atom. The second-order valence-corrected chi connectivity index (χ2v) is 8.08. The van der Waals surface area contributed by atoms with E-state index in [4.69, 9.17) is 9.47 Å². The van der Waals surface area contributed by atoms with Crippen molar-refractivity contribution in [3.63, 3.8) is 0 Å². The van der Waals surface area contributed by atoms with E-state index in [0.29, 0.717) is 21.9 Å². The average molecular weight is 492 g/mol. The lowest BCUT2D eigenvalue weighted by atomic mass is 10.0. The number of thiophene rings is 1. The van der Waals surface area contributed by atoms with Gasteiger partial charge in [0.1, 0.15) is 22.1 Å². The number of hydrogen-bond donors (Lipinski definition) is 1. The first-order chi connectivity index (χ1) is 14.4. The first-order valence-electron chi connectivity index (χ1n) is 9.16. The highest BCUT2D eigenvalue weighted by atomic mass is 79.9. The van der Waals surface area contributed by atoms with Gasteiger partial charge in [-0.05, 0) is 49.7 Å². The molecule has 0 saturated carbocycles. The van der Waals surface area contributed by atoms with Crippen molar-refractivity contribution >= 4 is 44.1 Å². The van der Waals surface area contributed by atoms with Crippen molar-refractivity contribution in [2.45, 2.75) is 20.0 Å². The van der Waals surface area contributed by atoms with Crippen LogP contribution >= 0.6 is 27.3 Å². The molecule has 0 aliphatic heterocycles. The average Bonchev–Trinajstić information content (AvgIpc) is 3.12. The lowest BCUT2D eigenvalue weighted by molar-refractivity contribution is -0.122. The first-order valence-corrected chi connectivity index (χ1v) is 10.8. The van der Waals surface area contributed by atoms with Gasteiger partial charge in [-0.15, -0.1) is 11.3 Å². The molecule has 156 valence electrons. The number of rotatable bonds is 7. The van der Waals surface area contributed by atoms with E-state index < -0.39 is 18.0 Å². The molecular formula is C22H19BrFNO4S. The molecule has 1 N–H and O–H groups in total. The molecule has 0 spiro atoms. The highest BCUT2D eigenvalue weighted by molar-refractivity contribution is 9.10. The molecule has 0 aliphatic carbocycles. The molecule has 0 unspecified atom stereocenters. The minimum atomic E-state index is -0.800. The summed E-state index contributed by atoms with van der Waals surface area (Å²) in [6, 6.07) is 12.9. The zero-order chi connectivity index (χ0) is 21.7. The highest BCUT2D eigenvalue weighted by Crippen LogP contribution is 2.36. The summed E-state index contributed by atoms with van der Waals surface area (Å²) >= 11 is 4.55. The standard InChI is InChI=1S/C22H19BrFNO4S/c1-3-28-22(27)19-18(14-7-9-16(24)10-8-14)12-30-21(19)25-20(26)13(2)29-17-6-4-5-15(23)11-17/h4-13H,3H2,1-2H3,(H,25,26)/t13-/m1/s1. The maximum atomic E-state index is 13.3. The van der Waals surface area contributed by atoms with Gasteiger partial charge in [-0.3, -0.25) is 4.79 Å². The van der Waals surface area contributed by atoms with E-state index in [1.165, 1.54) is 23.5 Å². The monoisotopic (exact) mass is 491 g/mol. The number of halogens is 2. The fourth-order valence-electron chi connectivity index (χ4n) is 2.71. The van der Waals surface area contributed by atoms with E-state index in [1.54, 1.807) is 49.6 Å². The zero-order valence-electron chi connectivity index (χ0n) is 16.3. The maximum absolute atomic E-state index is 13.3. The number of benzene rings is 2. The smallest absolute Gasteiger partial charge is 0.341 e. The van der Waals surface area contributed by atoms with E-state index in [2.05, 4.69) is 21.2 Å². The molecule has 0 fully saturated rings. The molecule has 1 aromatic heterocycles. The summed E-state index contributed by atoms with van der Waals surface area (Å²) in [5, 5.41) is 4.83. The Balaban J connectivity index is 1.84. The predicted molar refractivity (Wildman–Crippen MR) is 119 cm³/mol. The number of amides is 1. The van der Waals surface area contributed by atoms with Gasteiger partial charge >= 0.3 is 5.97 Å². The summed E-state index contributed by atoms with van der Waals surface area (Å²) in [6.07, 6.45) is -0.800. The molecule has 0 saturated heterocycles. The van der Waals surface area contributed by atoms with Gasteiger partial charge in [0.2, 0.25) is 0 Å². The topological polar surface area (TPSA) is 64.6 Å². The zero-order valence-corrected chi connectivity index (χ0v) is 18.7. The van der Waals surface area contributed by atoms with Crippen LogP contribution < -0.4 is 10.1 Å². The van der Waals surface area contributed by atoms with Crippen LogP contribution in [0.15, 0.2) is 58.4 Å². The van der Waals surface area contributed by atoms with Gasteiger partial charge in [0, 0.05) is 15.4 Å². The molecule has 2 aromatic carbocycles. The van der Waals surface area contributed by atoms with Crippen molar-refractivity contribution in [3.8, 4) is 16.9 Å². The van der Waals surface area contributed by atoms with Crippen molar-refractivity contribution in [1.82, 2.24) is 0 Å². The molecule has 5 nitrogen and oxygen atoms in total. The summed E-state index contributed by atoms with van der Waals surface area (Å²) in [6.45, 7) is 3.51. The summed E-state index contributed by atoms with van der Waals surface area (Å²) in [4.78, 5) is 25.3. The number of anilines is 1. The van der Waals surface area contributed by atoms with E-state index >= 15 is 0 Å². The Morgan fingerprint density at radius 1 is 1.20 bits per heavy atom. The molecule has 3 rings (SSSR count). The van der Waals surface area contributed by atoms with Crippen LogP contribution in [0.5, 0.6) is 5.75 Å². The van der Waals surface area contributed by atoms with Gasteiger partial charge in [0.25, 0.3) is 5.91 Å². The fraction of sp³-hybridized carbons (Fsp3) is 0.182. The predicted octanol–water partition coefficient (Wildman–Crippen LogP) is 5.90. The molecule has 0 aliphatic rings. The van der Waals surface area contributed by atoms with Gasteiger partial charge in [-0.1, -0.05) is 34.1 Å². The number of nitrogens with one attached hydrogen (secondary N) is 1. The van der Waals surface area contributed by atoms with E-state index in [0.717, 1.165) is 4.47 Å². The number of esters is 1. The number of carbonyl (C=O) groups is 2. The van der Waals surface area contributed by atoms with Crippen LogP contribution in [-0.2, 0) is 9.53 Å². The third-order valence-corrected chi connectivity index (χ3v) is 5.53. The minimum Gasteiger partial charge on any atom is -0.481 e. The summed E-state index contributed by atoms with van der Waals surface area (Å²) in [5.41, 5.74) is 1.44. The van der Waals surface area contributed by atoms with Crippen LogP contribution in [0.2, 0.25) is 0 Å². The van der Waals surface area contributed by atoms with Gasteiger partial charge in [0.05, 0.1) is 6.61 Å². The van der Waals surface area contributed by atoms with Crippen molar-refractivity contribution in [2.75, 3.05) is 11.9 Å². The molecule has 1 atom stereocenters. The van der Waals surface area contributed by atoms with Gasteiger partial charge in [-0.2, -0.15) is 0 Å². The van der Waals surface area contributed by atoms with Crippen LogP contribution in [-0.4, -0.2) is 24.6 Å². The molecular weight excluding hydrogens is 473 g/mol. The quantitative estimate of drug-likeness (QED) is 0.417. The highest BCUT2D eigenvalue weighted by Gasteiger charge is 2.25. The van der Waals surface area contributed by atoms with E-state index in [9.17, 15) is 14.0 Å². The third-order valence-electron chi connectivity index (χ3n) is 4.14. The number of carbonyl (C=O) groups excluding carboxylic acids is 2. The maximum Gasteiger partial charge on any atom is 0.341 e. The molecule has 1 heterocycles. The first kappa shape index (κ1) is 22.0. The van der Waals surface area contributed by atoms with Crippen LogP contribution in [0.3, 0.4) is 0 Å². The van der Waals surface area contributed by atoms with Gasteiger partial charge in [0.15, 0.2) is 6.10 Å². The molecule has 30 heavy (non-hydrogen) atoms. The van der Waals surface area contributed by atoms with Crippen molar-refractivity contribution in [1.29, 1.82) is 0 Å². The Morgan fingerprint density at radius 2 is 1.93 bits per heavy atom. The number of ether oxygens (including phenoxy) is 2. The summed E-state index contributed by atoms with van der Waals surface area (Å²) in [5.74, 6) is -0.809. The van der Waals surface area contributed by atoms with E-state index in [-0.39, 0.29) is 18.0 Å². The SMILES string of the molecule is CCOC(=O)c1c(-c2ccc(F)cc2)csc1NC(=O)[C@@H](C)Oc1cccc(Br)c1. The minimum absolute atomic E-state index is 0.188. The molecule has 0 bridgehead atoms. The largest absolute Gasteiger partial charge is 0.481 e. The second kappa shape index (κ2) is 9.86. The van der Waals surface area contributed by atoms with Gasteiger partial charge < -0.3 is 14.8 Å². The normalized spacial score (nSPS) is 11.6. The van der Waals surface area contributed by atoms with Crippen molar-refractivity contribution in [3.05, 3.63) is 69.8 Å². The van der Waals surface area contributed by atoms with Crippen LogP contribution in [0.1, 0.15) is 24.2 Å². The fourth-order valence-corrected chi connectivity index (χ4v) is 4.05. The second-order valence-electron chi connectivity index (χ2n) is 6.29. The van der Waals surface area contributed by atoms with E-state index in [1.807, 2.05) is 6.07 Å². The molecule has 1 amide bonds. The summed E-state index contributed by atoms with van der Waals surface area (Å²) in [7, 11) is 0. The molecule has 0 radical (unpaired) electrons. The molecule has 3 aromatic rings. The van der Waals surface area contributed by atoms with Crippen LogP contribution in [0.4, 0.5) is 9.39 Å². The van der Waals surface area contributed by atoms with Crippen LogP contribution in [0, 0.1) is 5.82 Å². The lowest BCUT2D eigenvalue weighted by Crippen LogP contribution is -2.30. The third kappa shape index (κ3) is 5.25. The lowest BCUT2D eigenvalue weighted by Gasteiger charge is -2.15. The Kier molecular flexibility index (Phi) is 7.23. The Bertz CT molecular complexity index is 1050. The van der Waals surface area contributed by atoms with Crippen molar-refractivity contribution < 1.29 is 23.5 Å². The van der Waals surface area contributed by atoms with Crippen LogP contribution in [0.25, 0.3) is 11.1 Å². The number of hydrogen-bond acceptors (Lipinski definition) is 5. The van der Waals surface area contributed by atoms with Gasteiger partial charge in [-0.25, -0.2) is 9.18 Å².